The Bertz CT molecular complexity index is 1550. The van der Waals surface area contributed by atoms with Gasteiger partial charge < -0.3 is 28.8 Å². The van der Waals surface area contributed by atoms with E-state index in [1.165, 1.54) is 12.0 Å². The third-order valence-corrected chi connectivity index (χ3v) is 8.17. The first kappa shape index (κ1) is 32.4. The highest BCUT2D eigenvalue weighted by Crippen LogP contribution is 2.41. The summed E-state index contributed by atoms with van der Waals surface area (Å²) < 4.78 is 27.7. The molecule has 238 valence electrons. The van der Waals surface area contributed by atoms with Crippen molar-refractivity contribution < 1.29 is 38.4 Å². The molecule has 0 bridgehead atoms. The maximum Gasteiger partial charge on any atom is 0.411 e. The number of hydrogen-bond donors (Lipinski definition) is 1. The fraction of sp³-hybridized carbons (Fsp3) is 0.364. The van der Waals surface area contributed by atoms with Crippen molar-refractivity contribution in [3.05, 3.63) is 76.9 Å². The van der Waals surface area contributed by atoms with E-state index in [0.717, 1.165) is 22.4 Å². The third kappa shape index (κ3) is 7.64. The predicted octanol–water partition coefficient (Wildman–Crippen LogP) is 5.62. The number of nitrogens with zero attached hydrogens (tertiary/aromatic N) is 3. The summed E-state index contributed by atoms with van der Waals surface area (Å²) in [6, 6.07) is 16.6. The lowest BCUT2D eigenvalue weighted by molar-refractivity contribution is 0.0265. The first-order valence-corrected chi connectivity index (χ1v) is 15.7. The zero-order valence-corrected chi connectivity index (χ0v) is 26.8. The van der Waals surface area contributed by atoms with Gasteiger partial charge >= 0.3 is 6.09 Å². The number of anilines is 2. The van der Waals surface area contributed by atoms with Crippen molar-refractivity contribution in [3.8, 4) is 11.5 Å². The summed E-state index contributed by atoms with van der Waals surface area (Å²) in [6.07, 6.45) is 1.42. The number of rotatable bonds is 15. The number of carbonyl (C=O) groups excluding carboxylic acids is 1. The second kappa shape index (κ2) is 15.3. The molecule has 2 heterocycles. The molecule has 1 N–H and O–H groups in total. The Labute approximate surface area is 270 Å². The molecule has 0 saturated heterocycles. The molecular formula is C33H36BrN3O8. The Balaban J connectivity index is 1.29. The van der Waals surface area contributed by atoms with E-state index in [4.69, 9.17) is 23.7 Å². The number of carbonyl (C=O) groups is 2. The molecule has 45 heavy (non-hydrogen) atoms. The van der Waals surface area contributed by atoms with Crippen LogP contribution in [-0.4, -0.2) is 83.2 Å². The maximum atomic E-state index is 13.7. The monoisotopic (exact) mass is 681 g/mol. The van der Waals surface area contributed by atoms with E-state index in [9.17, 15) is 14.7 Å². The second-order valence-electron chi connectivity index (χ2n) is 10.5. The van der Waals surface area contributed by atoms with Gasteiger partial charge in [0.05, 0.1) is 64.0 Å². The second-order valence-corrected chi connectivity index (χ2v) is 11.0. The minimum absolute atomic E-state index is 0.131. The highest BCUT2D eigenvalue weighted by molar-refractivity contribution is 9.08. The lowest BCUT2D eigenvalue weighted by Crippen LogP contribution is -2.37. The smallest absolute Gasteiger partial charge is 0.411 e. The van der Waals surface area contributed by atoms with Crippen LogP contribution >= 0.6 is 15.9 Å². The average Bonchev–Trinajstić information content (AvgIpc) is 3.37. The van der Waals surface area contributed by atoms with Crippen molar-refractivity contribution in [3.63, 3.8) is 0 Å². The van der Waals surface area contributed by atoms with Crippen molar-refractivity contribution in [2.24, 2.45) is 4.99 Å². The van der Waals surface area contributed by atoms with Crippen molar-refractivity contribution >= 4 is 51.2 Å². The molecule has 0 fully saturated rings. The maximum absolute atomic E-state index is 13.7. The number of carboxylic acid groups (broad SMARTS) is 1. The van der Waals surface area contributed by atoms with Crippen LogP contribution in [0.25, 0.3) is 0 Å². The molecule has 5 rings (SSSR count). The van der Waals surface area contributed by atoms with Gasteiger partial charge in [-0.25, -0.2) is 4.79 Å². The van der Waals surface area contributed by atoms with Gasteiger partial charge in [-0.3, -0.25) is 19.6 Å². The van der Waals surface area contributed by atoms with Crippen molar-refractivity contribution in [1.82, 2.24) is 0 Å². The molecule has 2 aliphatic heterocycles. The van der Waals surface area contributed by atoms with Crippen molar-refractivity contribution in [2.45, 2.75) is 24.4 Å². The van der Waals surface area contributed by atoms with E-state index >= 15 is 0 Å². The molecule has 0 radical (unpaired) electrons. The van der Waals surface area contributed by atoms with Crippen LogP contribution in [0.4, 0.5) is 21.9 Å². The van der Waals surface area contributed by atoms with E-state index in [1.54, 1.807) is 30.2 Å². The van der Waals surface area contributed by atoms with Gasteiger partial charge in [0.25, 0.3) is 5.91 Å². The standard InChI is InChI=1S/C33H36BrN3O8/c1-41-9-10-44-12-11-43-8-7-36(33(39)40)25-14-22(19-34)13-23(15-25)21-45-31-18-28-27(17-30(31)42-2)32(38)37-26(20-35-28)16-24-5-3-4-6-29(24)37/h3-6,13-15,17-18,20,26H,7-12,16,19,21H2,1-2H3,(H,39,40)/t26-/m0/s1. The van der Waals surface area contributed by atoms with Crippen LogP contribution in [0.1, 0.15) is 27.0 Å². The van der Waals surface area contributed by atoms with Crippen molar-refractivity contribution in [1.29, 1.82) is 0 Å². The van der Waals surface area contributed by atoms with E-state index in [1.807, 2.05) is 42.6 Å². The Morgan fingerprint density at radius 1 is 1.00 bits per heavy atom. The number of amides is 2. The minimum Gasteiger partial charge on any atom is -0.493 e. The number of para-hydroxylation sites is 1. The van der Waals surface area contributed by atoms with Gasteiger partial charge in [-0.1, -0.05) is 40.2 Å². The van der Waals surface area contributed by atoms with Gasteiger partial charge in [0, 0.05) is 42.5 Å². The van der Waals surface area contributed by atoms with Crippen LogP contribution in [0, 0.1) is 0 Å². The highest BCUT2D eigenvalue weighted by Gasteiger charge is 2.36. The quantitative estimate of drug-likeness (QED) is 0.162. The lowest BCUT2D eigenvalue weighted by Gasteiger charge is -2.22. The summed E-state index contributed by atoms with van der Waals surface area (Å²) in [7, 11) is 3.13. The molecule has 12 heteroatoms. The van der Waals surface area contributed by atoms with E-state index < -0.39 is 6.09 Å². The molecule has 2 amide bonds. The number of methoxy groups -OCH3 is 2. The minimum atomic E-state index is -1.09. The van der Waals surface area contributed by atoms with Gasteiger partial charge in [0.15, 0.2) is 11.5 Å². The zero-order valence-electron chi connectivity index (χ0n) is 25.2. The molecule has 0 saturated carbocycles. The summed E-state index contributed by atoms with van der Waals surface area (Å²) >= 11 is 3.49. The number of aliphatic imine (C=N–C) groups is 1. The molecule has 0 spiro atoms. The summed E-state index contributed by atoms with van der Waals surface area (Å²) in [5, 5.41) is 10.5. The average molecular weight is 683 g/mol. The molecule has 0 aliphatic carbocycles. The zero-order chi connectivity index (χ0) is 31.8. The topological polar surface area (TPSA) is 119 Å². The summed E-state index contributed by atoms with van der Waals surface area (Å²) in [6.45, 7) is 2.21. The molecular weight excluding hydrogens is 646 g/mol. The van der Waals surface area contributed by atoms with Gasteiger partial charge in [0.1, 0.15) is 6.61 Å². The molecule has 0 aromatic heterocycles. The molecule has 11 nitrogen and oxygen atoms in total. The van der Waals surface area contributed by atoms with E-state index in [-0.39, 0.29) is 31.7 Å². The largest absolute Gasteiger partial charge is 0.493 e. The first-order chi connectivity index (χ1) is 21.9. The van der Waals surface area contributed by atoms with Crippen LogP contribution < -0.4 is 19.3 Å². The van der Waals surface area contributed by atoms with Gasteiger partial charge in [0.2, 0.25) is 0 Å². The number of benzene rings is 3. The SMILES string of the molecule is COCCOCCOCCN(C(=O)O)c1cc(CBr)cc(COc2cc3c(cc2OC)C(=O)N2c4ccccc4C[C@H]2C=N3)c1. The Hall–Kier alpha value is -3.97. The molecule has 0 unspecified atom stereocenters. The molecule has 2 aliphatic rings. The van der Waals surface area contributed by atoms with Gasteiger partial charge in [-0.05, 0) is 41.0 Å². The Kier molecular flexibility index (Phi) is 11.1. The van der Waals surface area contributed by atoms with Gasteiger partial charge in [-0.2, -0.15) is 0 Å². The molecule has 3 aromatic rings. The third-order valence-electron chi connectivity index (χ3n) is 7.52. The predicted molar refractivity (Wildman–Crippen MR) is 174 cm³/mol. The van der Waals surface area contributed by atoms with Crippen LogP contribution in [0.5, 0.6) is 11.5 Å². The summed E-state index contributed by atoms with van der Waals surface area (Å²) in [5.74, 6) is 0.676. The fourth-order valence-electron chi connectivity index (χ4n) is 5.36. The highest BCUT2D eigenvalue weighted by atomic mass is 79.9. The fourth-order valence-corrected chi connectivity index (χ4v) is 5.69. The Morgan fingerprint density at radius 2 is 1.76 bits per heavy atom. The number of hydrogen-bond acceptors (Lipinski definition) is 8. The van der Waals surface area contributed by atoms with E-state index in [0.29, 0.717) is 66.6 Å². The van der Waals surface area contributed by atoms with Crippen LogP contribution in [0.2, 0.25) is 0 Å². The lowest BCUT2D eigenvalue weighted by atomic mass is 10.1. The van der Waals surface area contributed by atoms with Crippen LogP contribution in [-0.2, 0) is 32.6 Å². The molecule has 1 atom stereocenters. The summed E-state index contributed by atoms with van der Waals surface area (Å²) in [4.78, 5) is 33.6. The number of alkyl halides is 1. The number of halogens is 1. The van der Waals surface area contributed by atoms with Crippen molar-refractivity contribution in [2.75, 3.05) is 63.6 Å². The Morgan fingerprint density at radius 3 is 2.51 bits per heavy atom. The number of fused-ring (bicyclic) bond motifs is 4. The first-order valence-electron chi connectivity index (χ1n) is 14.6. The normalized spacial score (nSPS) is 14.9. The van der Waals surface area contributed by atoms with Crippen LogP contribution in [0.15, 0.2) is 59.6 Å². The molecule has 3 aromatic carbocycles. The summed E-state index contributed by atoms with van der Waals surface area (Å²) in [5.41, 5.74) is 5.08. The van der Waals surface area contributed by atoms with Crippen LogP contribution in [0.3, 0.4) is 0 Å². The number of ether oxygens (including phenoxy) is 5. The van der Waals surface area contributed by atoms with E-state index in [2.05, 4.69) is 20.9 Å². The van der Waals surface area contributed by atoms with Gasteiger partial charge in [-0.15, -0.1) is 0 Å².